The molecule has 0 spiro atoms. The molecule has 1 amide bonds. The van der Waals surface area contributed by atoms with Crippen LogP contribution in [0.4, 0.5) is 0 Å². The van der Waals surface area contributed by atoms with Gasteiger partial charge < -0.3 is 0 Å². The van der Waals surface area contributed by atoms with E-state index in [1.54, 1.807) is 19.1 Å². The van der Waals surface area contributed by atoms with Gasteiger partial charge in [0.15, 0.2) is 11.2 Å². The lowest BCUT2D eigenvalue weighted by atomic mass is 10.2. The van der Waals surface area contributed by atoms with Gasteiger partial charge in [0.25, 0.3) is 5.91 Å². The molecular formula is C9H15N3O2S. The van der Waals surface area contributed by atoms with Crippen molar-refractivity contribution in [1.82, 2.24) is 9.71 Å². The Bertz CT molecular complexity index is 355. The van der Waals surface area contributed by atoms with Crippen LogP contribution in [0, 0.1) is 6.92 Å². The number of carbonyl (C=O) groups is 1. The molecule has 0 saturated carbocycles. The van der Waals surface area contributed by atoms with Gasteiger partial charge in [-0.05, 0) is 18.6 Å². The van der Waals surface area contributed by atoms with Gasteiger partial charge in [0, 0.05) is 6.20 Å². The summed E-state index contributed by atoms with van der Waals surface area (Å²) >= 11 is -1.84. The van der Waals surface area contributed by atoms with Crippen LogP contribution in [0.1, 0.15) is 29.9 Å². The average molecular weight is 229 g/mol. The number of nitrogens with one attached hydrogen (secondary N) is 1. The van der Waals surface area contributed by atoms with Gasteiger partial charge in [0.2, 0.25) is 0 Å². The average Bonchev–Trinajstić information content (AvgIpc) is 2.20. The van der Waals surface area contributed by atoms with E-state index in [4.69, 9.17) is 5.14 Å². The first-order valence-electron chi connectivity index (χ1n) is 4.50. The summed E-state index contributed by atoms with van der Waals surface area (Å²) in [6, 6.07) is 3.45. The summed E-state index contributed by atoms with van der Waals surface area (Å²) in [6.45, 7) is 5.74. The molecule has 1 rings (SSSR count). The summed E-state index contributed by atoms with van der Waals surface area (Å²) < 4.78 is 12.5. The Kier molecular flexibility index (Phi) is 6.48. The molecule has 15 heavy (non-hydrogen) atoms. The predicted molar refractivity (Wildman–Crippen MR) is 60.1 cm³/mol. The molecule has 1 aromatic rings. The third-order valence-corrected chi connectivity index (χ3v) is 1.80. The maximum atomic E-state index is 11.2. The van der Waals surface area contributed by atoms with Crippen LogP contribution in [-0.4, -0.2) is 15.1 Å². The second kappa shape index (κ2) is 7.08. The number of hydrogen-bond donors (Lipinski definition) is 2. The van der Waals surface area contributed by atoms with Gasteiger partial charge in [-0.15, -0.1) is 0 Å². The first kappa shape index (κ1) is 13.7. The quantitative estimate of drug-likeness (QED) is 0.782. The molecule has 0 aliphatic heterocycles. The molecule has 6 heteroatoms. The molecule has 0 fully saturated rings. The van der Waals surface area contributed by atoms with Crippen molar-refractivity contribution in [2.75, 3.05) is 0 Å². The standard InChI is InChI=1S/C7H9N3O2S.C2H6/c1-5-3-2-4-9-6(5)7(11)10-13(8)12;1-2/h2-4H,8H2,1H3,(H,10,11);1-2H3. The molecular weight excluding hydrogens is 214 g/mol. The number of pyridine rings is 1. The number of aryl methyl sites for hydroxylation is 1. The van der Waals surface area contributed by atoms with E-state index < -0.39 is 17.1 Å². The number of amides is 1. The summed E-state index contributed by atoms with van der Waals surface area (Å²) in [4.78, 5) is 15.1. The number of nitrogens with two attached hydrogens (primary N) is 1. The molecule has 84 valence electrons. The zero-order valence-corrected chi connectivity index (χ0v) is 9.80. The zero-order valence-electron chi connectivity index (χ0n) is 8.98. The van der Waals surface area contributed by atoms with Gasteiger partial charge in [-0.1, -0.05) is 19.9 Å². The normalized spacial score (nSPS) is 10.9. The van der Waals surface area contributed by atoms with Crippen LogP contribution in [0.5, 0.6) is 0 Å². The minimum Gasteiger partial charge on any atom is -0.266 e. The fourth-order valence-corrected chi connectivity index (χ4v) is 1.14. The van der Waals surface area contributed by atoms with E-state index in [1.165, 1.54) is 6.20 Å². The monoisotopic (exact) mass is 229 g/mol. The van der Waals surface area contributed by atoms with Crippen LogP contribution in [0.25, 0.3) is 0 Å². The van der Waals surface area contributed by atoms with Gasteiger partial charge in [0.1, 0.15) is 5.69 Å². The molecule has 0 saturated heterocycles. The second-order valence-electron chi connectivity index (χ2n) is 2.40. The summed E-state index contributed by atoms with van der Waals surface area (Å²) in [5.41, 5.74) is 0.951. The highest BCUT2D eigenvalue weighted by Gasteiger charge is 2.10. The highest BCUT2D eigenvalue weighted by molar-refractivity contribution is 7.81. The second-order valence-corrected chi connectivity index (χ2v) is 3.20. The molecule has 0 aliphatic carbocycles. The molecule has 0 bridgehead atoms. The lowest BCUT2D eigenvalue weighted by Gasteiger charge is -2.02. The number of nitrogens with zero attached hydrogens (tertiary/aromatic N) is 1. The molecule has 0 aliphatic rings. The number of aromatic nitrogens is 1. The third-order valence-electron chi connectivity index (χ3n) is 1.42. The summed E-state index contributed by atoms with van der Waals surface area (Å²) in [7, 11) is 0. The lowest BCUT2D eigenvalue weighted by Crippen LogP contribution is -2.31. The Morgan fingerprint density at radius 3 is 2.60 bits per heavy atom. The van der Waals surface area contributed by atoms with E-state index in [9.17, 15) is 9.00 Å². The predicted octanol–water partition coefficient (Wildman–Crippen LogP) is 0.683. The van der Waals surface area contributed by atoms with Gasteiger partial charge in [0.05, 0.1) is 0 Å². The molecule has 1 aromatic heterocycles. The van der Waals surface area contributed by atoms with Crippen molar-refractivity contribution in [2.24, 2.45) is 5.14 Å². The highest BCUT2D eigenvalue weighted by atomic mass is 32.2. The first-order chi connectivity index (χ1) is 7.11. The fourth-order valence-electron chi connectivity index (χ4n) is 0.863. The van der Waals surface area contributed by atoms with Crippen molar-refractivity contribution in [3.8, 4) is 0 Å². The van der Waals surface area contributed by atoms with Crippen molar-refractivity contribution in [3.63, 3.8) is 0 Å². The minimum atomic E-state index is -1.84. The summed E-state index contributed by atoms with van der Waals surface area (Å²) in [5.74, 6) is -0.529. The molecule has 1 unspecified atom stereocenters. The largest absolute Gasteiger partial charge is 0.282 e. The van der Waals surface area contributed by atoms with Crippen LogP contribution in [0.2, 0.25) is 0 Å². The number of hydrogen-bond acceptors (Lipinski definition) is 3. The van der Waals surface area contributed by atoms with E-state index in [0.29, 0.717) is 5.56 Å². The van der Waals surface area contributed by atoms with Crippen LogP contribution in [0.3, 0.4) is 0 Å². The Labute approximate surface area is 91.8 Å². The maximum absolute atomic E-state index is 11.2. The maximum Gasteiger partial charge on any atom is 0.282 e. The summed E-state index contributed by atoms with van der Waals surface area (Å²) in [6.07, 6.45) is 1.49. The minimum absolute atomic E-state index is 0.237. The number of rotatable bonds is 2. The lowest BCUT2D eigenvalue weighted by molar-refractivity contribution is 0.0977. The Morgan fingerprint density at radius 1 is 1.53 bits per heavy atom. The van der Waals surface area contributed by atoms with Crippen LogP contribution >= 0.6 is 0 Å². The van der Waals surface area contributed by atoms with Gasteiger partial charge in [-0.2, -0.15) is 0 Å². The van der Waals surface area contributed by atoms with Crippen molar-refractivity contribution in [2.45, 2.75) is 20.8 Å². The van der Waals surface area contributed by atoms with Gasteiger partial charge >= 0.3 is 0 Å². The van der Waals surface area contributed by atoms with E-state index >= 15 is 0 Å². The van der Waals surface area contributed by atoms with Crippen molar-refractivity contribution in [3.05, 3.63) is 29.6 Å². The summed E-state index contributed by atoms with van der Waals surface area (Å²) in [5, 5.41) is 4.89. The van der Waals surface area contributed by atoms with Crippen molar-refractivity contribution < 1.29 is 9.00 Å². The Hall–Kier alpha value is -1.27. The zero-order chi connectivity index (χ0) is 11.8. The first-order valence-corrected chi connectivity index (χ1v) is 5.71. The van der Waals surface area contributed by atoms with E-state index in [1.807, 2.05) is 18.6 Å². The van der Waals surface area contributed by atoms with Crippen LogP contribution in [-0.2, 0) is 11.2 Å². The van der Waals surface area contributed by atoms with Gasteiger partial charge in [-0.3, -0.25) is 14.5 Å². The third kappa shape index (κ3) is 4.66. The smallest absolute Gasteiger partial charge is 0.266 e. The molecule has 0 radical (unpaired) electrons. The molecule has 1 heterocycles. The van der Waals surface area contributed by atoms with Crippen LogP contribution < -0.4 is 9.86 Å². The highest BCUT2D eigenvalue weighted by Crippen LogP contribution is 2.02. The van der Waals surface area contributed by atoms with Crippen LogP contribution in [0.15, 0.2) is 18.3 Å². The Morgan fingerprint density at radius 2 is 2.13 bits per heavy atom. The topological polar surface area (TPSA) is 85.1 Å². The van der Waals surface area contributed by atoms with E-state index in [2.05, 4.69) is 4.98 Å². The SMILES string of the molecule is CC.Cc1cccnc1C(=O)NS(N)=O. The molecule has 0 aromatic carbocycles. The van der Waals surface area contributed by atoms with E-state index in [0.717, 1.165) is 0 Å². The fraction of sp³-hybridized carbons (Fsp3) is 0.333. The number of carbonyl (C=O) groups excluding carboxylic acids is 1. The molecule has 5 nitrogen and oxygen atoms in total. The molecule has 1 atom stereocenters. The van der Waals surface area contributed by atoms with Gasteiger partial charge in [-0.25, -0.2) is 9.35 Å². The van der Waals surface area contributed by atoms with E-state index in [-0.39, 0.29) is 5.69 Å². The van der Waals surface area contributed by atoms with Crippen molar-refractivity contribution in [1.29, 1.82) is 0 Å². The van der Waals surface area contributed by atoms with Crippen molar-refractivity contribution >= 4 is 17.1 Å². The molecule has 3 N–H and O–H groups in total. The Balaban J connectivity index is 0.000000921.